The summed E-state index contributed by atoms with van der Waals surface area (Å²) in [6.45, 7) is 5.31. The number of benzene rings is 1. The van der Waals surface area contributed by atoms with Gasteiger partial charge in [0.05, 0.1) is 12.4 Å². The van der Waals surface area contributed by atoms with Crippen molar-refractivity contribution in [3.8, 4) is 11.1 Å². The van der Waals surface area contributed by atoms with Crippen LogP contribution in [0.15, 0.2) is 42.7 Å². The molecule has 0 saturated carbocycles. The van der Waals surface area contributed by atoms with Crippen LogP contribution in [-0.4, -0.2) is 27.6 Å². The molecule has 0 fully saturated rings. The van der Waals surface area contributed by atoms with Gasteiger partial charge in [0, 0.05) is 11.1 Å². The number of hydrogen-bond donors (Lipinski definition) is 0. The van der Waals surface area contributed by atoms with E-state index in [2.05, 4.69) is 10.2 Å². The van der Waals surface area contributed by atoms with Gasteiger partial charge in [-0.05, 0) is 38.5 Å². The van der Waals surface area contributed by atoms with Crippen LogP contribution in [0.4, 0.5) is 0 Å². The average Bonchev–Trinajstić information content (AvgIpc) is 2.46. The zero-order valence-electron chi connectivity index (χ0n) is 12.9. The number of aromatic nitrogens is 2. The zero-order chi connectivity index (χ0) is 16.2. The smallest absolute Gasteiger partial charge is 0.314 e. The van der Waals surface area contributed by atoms with Gasteiger partial charge in [-0.3, -0.25) is 9.59 Å². The molecule has 2 aromatic rings. The summed E-state index contributed by atoms with van der Waals surface area (Å²) < 4.78 is 5.17. The van der Waals surface area contributed by atoms with E-state index in [1.165, 1.54) is 0 Å². The van der Waals surface area contributed by atoms with Crippen LogP contribution < -0.4 is 0 Å². The van der Waals surface area contributed by atoms with Gasteiger partial charge in [-0.2, -0.15) is 10.2 Å². The Hall–Kier alpha value is -2.56. The highest BCUT2D eigenvalue weighted by Gasteiger charge is 2.19. The lowest BCUT2D eigenvalue weighted by molar-refractivity contribution is -0.153. The van der Waals surface area contributed by atoms with E-state index in [0.717, 1.165) is 11.1 Å². The summed E-state index contributed by atoms with van der Waals surface area (Å²) in [6, 6.07) is 8.89. The van der Waals surface area contributed by atoms with Crippen LogP contribution in [0.3, 0.4) is 0 Å². The highest BCUT2D eigenvalue weighted by molar-refractivity contribution is 6.06. The van der Waals surface area contributed by atoms with Crippen molar-refractivity contribution in [2.45, 2.75) is 32.8 Å². The van der Waals surface area contributed by atoms with Gasteiger partial charge in [0.1, 0.15) is 12.0 Å². The molecule has 0 atom stereocenters. The highest BCUT2D eigenvalue weighted by Crippen LogP contribution is 2.20. The van der Waals surface area contributed by atoms with E-state index < -0.39 is 11.6 Å². The molecule has 2 rings (SSSR count). The van der Waals surface area contributed by atoms with E-state index in [-0.39, 0.29) is 12.2 Å². The molecule has 1 aromatic carbocycles. The Bertz CT molecular complexity index is 676. The monoisotopic (exact) mass is 298 g/mol. The quantitative estimate of drug-likeness (QED) is 0.493. The summed E-state index contributed by atoms with van der Waals surface area (Å²) in [4.78, 5) is 23.9. The number of carbonyl (C=O) groups excluding carboxylic acids is 2. The van der Waals surface area contributed by atoms with Gasteiger partial charge >= 0.3 is 5.97 Å². The van der Waals surface area contributed by atoms with Crippen LogP contribution in [0, 0.1) is 0 Å². The molecule has 0 aliphatic rings. The molecule has 0 unspecified atom stereocenters. The van der Waals surface area contributed by atoms with Gasteiger partial charge in [0.25, 0.3) is 0 Å². The molecular formula is C17H18N2O3. The molecule has 1 aromatic heterocycles. The molecule has 114 valence electrons. The second kappa shape index (κ2) is 6.47. The lowest BCUT2D eigenvalue weighted by Crippen LogP contribution is -2.25. The van der Waals surface area contributed by atoms with E-state index in [1.54, 1.807) is 51.4 Å². The second-order valence-corrected chi connectivity index (χ2v) is 5.90. The van der Waals surface area contributed by atoms with Crippen LogP contribution >= 0.6 is 0 Å². The number of ether oxygens (including phenoxy) is 1. The average molecular weight is 298 g/mol. The largest absolute Gasteiger partial charge is 0.460 e. The first-order valence-corrected chi connectivity index (χ1v) is 6.97. The fraction of sp³-hybridized carbons (Fsp3) is 0.294. The van der Waals surface area contributed by atoms with Crippen molar-refractivity contribution in [1.29, 1.82) is 0 Å². The summed E-state index contributed by atoms with van der Waals surface area (Å²) in [5, 5.41) is 7.54. The van der Waals surface area contributed by atoms with Gasteiger partial charge in [-0.1, -0.05) is 18.2 Å². The lowest BCUT2D eigenvalue weighted by atomic mass is 10.0. The fourth-order valence-corrected chi connectivity index (χ4v) is 1.94. The molecule has 5 nitrogen and oxygen atoms in total. The summed E-state index contributed by atoms with van der Waals surface area (Å²) in [7, 11) is 0. The Morgan fingerprint density at radius 3 is 2.50 bits per heavy atom. The van der Waals surface area contributed by atoms with Crippen LogP contribution in [-0.2, 0) is 9.53 Å². The molecular weight excluding hydrogens is 280 g/mol. The molecule has 0 aliphatic heterocycles. The summed E-state index contributed by atoms with van der Waals surface area (Å²) >= 11 is 0. The summed E-state index contributed by atoms with van der Waals surface area (Å²) in [5.41, 5.74) is 1.59. The Morgan fingerprint density at radius 1 is 1.09 bits per heavy atom. The second-order valence-electron chi connectivity index (χ2n) is 5.90. The lowest BCUT2D eigenvalue weighted by Gasteiger charge is -2.19. The SMILES string of the molecule is CC(C)(C)OC(=O)CC(=O)c1cccc(-c2ccnnc2)c1. The molecule has 1 heterocycles. The van der Waals surface area contributed by atoms with Crippen LogP contribution in [0.25, 0.3) is 11.1 Å². The van der Waals surface area contributed by atoms with Gasteiger partial charge < -0.3 is 4.74 Å². The topological polar surface area (TPSA) is 69.2 Å². The predicted octanol–water partition coefficient (Wildman–Crippen LogP) is 3.06. The van der Waals surface area contributed by atoms with Gasteiger partial charge in [0.2, 0.25) is 0 Å². The normalized spacial score (nSPS) is 11.0. The standard InChI is InChI=1S/C17H18N2O3/c1-17(2,3)22-16(21)10-15(20)13-6-4-5-12(9-13)14-7-8-18-19-11-14/h4-9,11H,10H2,1-3H3. The minimum Gasteiger partial charge on any atom is -0.460 e. The molecule has 22 heavy (non-hydrogen) atoms. The molecule has 0 N–H and O–H groups in total. The number of rotatable bonds is 4. The van der Waals surface area contributed by atoms with E-state index in [9.17, 15) is 9.59 Å². The number of ketones is 1. The third-order valence-electron chi connectivity index (χ3n) is 2.83. The van der Waals surface area contributed by atoms with Crippen molar-refractivity contribution < 1.29 is 14.3 Å². The maximum absolute atomic E-state index is 12.2. The van der Waals surface area contributed by atoms with Crippen molar-refractivity contribution in [3.63, 3.8) is 0 Å². The molecule has 0 spiro atoms. The molecule has 0 saturated heterocycles. The Morgan fingerprint density at radius 2 is 1.86 bits per heavy atom. The van der Waals surface area contributed by atoms with Crippen molar-refractivity contribution in [3.05, 3.63) is 48.3 Å². The number of Topliss-reactive ketones (excluding diaryl/α,β-unsaturated/α-hetero) is 1. The van der Waals surface area contributed by atoms with E-state index in [0.29, 0.717) is 5.56 Å². The molecule has 0 amide bonds. The first kappa shape index (κ1) is 15.8. The molecule has 5 heteroatoms. The fourth-order valence-electron chi connectivity index (χ4n) is 1.94. The van der Waals surface area contributed by atoms with Crippen molar-refractivity contribution in [2.24, 2.45) is 0 Å². The molecule has 0 bridgehead atoms. The number of hydrogen-bond acceptors (Lipinski definition) is 5. The summed E-state index contributed by atoms with van der Waals surface area (Å²) in [6.07, 6.45) is 2.94. The minimum absolute atomic E-state index is 0.266. The zero-order valence-corrected chi connectivity index (χ0v) is 12.9. The number of esters is 1. The van der Waals surface area contributed by atoms with E-state index in [1.807, 2.05) is 12.1 Å². The number of nitrogens with zero attached hydrogens (tertiary/aromatic N) is 2. The van der Waals surface area contributed by atoms with E-state index in [4.69, 9.17) is 4.74 Å². The third kappa shape index (κ3) is 4.48. The highest BCUT2D eigenvalue weighted by atomic mass is 16.6. The molecule has 0 radical (unpaired) electrons. The maximum atomic E-state index is 12.2. The Balaban J connectivity index is 2.13. The minimum atomic E-state index is -0.595. The first-order valence-electron chi connectivity index (χ1n) is 6.97. The van der Waals surface area contributed by atoms with Crippen LogP contribution in [0.2, 0.25) is 0 Å². The maximum Gasteiger partial charge on any atom is 0.314 e. The number of carbonyl (C=O) groups is 2. The Kier molecular flexibility index (Phi) is 4.65. The van der Waals surface area contributed by atoms with Crippen LogP contribution in [0.1, 0.15) is 37.6 Å². The van der Waals surface area contributed by atoms with Crippen LogP contribution in [0.5, 0.6) is 0 Å². The molecule has 0 aliphatic carbocycles. The van der Waals surface area contributed by atoms with Crippen molar-refractivity contribution >= 4 is 11.8 Å². The van der Waals surface area contributed by atoms with Crippen molar-refractivity contribution in [2.75, 3.05) is 0 Å². The Labute approximate surface area is 129 Å². The van der Waals surface area contributed by atoms with Gasteiger partial charge in [0.15, 0.2) is 5.78 Å². The predicted molar refractivity (Wildman–Crippen MR) is 82.3 cm³/mol. The summed E-state index contributed by atoms with van der Waals surface area (Å²) in [5.74, 6) is -0.786. The van der Waals surface area contributed by atoms with Crippen molar-refractivity contribution in [1.82, 2.24) is 10.2 Å². The third-order valence-corrected chi connectivity index (χ3v) is 2.83. The van der Waals surface area contributed by atoms with E-state index >= 15 is 0 Å². The first-order chi connectivity index (χ1) is 10.3. The van der Waals surface area contributed by atoms with Gasteiger partial charge in [-0.15, -0.1) is 0 Å². The van der Waals surface area contributed by atoms with Gasteiger partial charge in [-0.25, -0.2) is 0 Å².